The summed E-state index contributed by atoms with van der Waals surface area (Å²) in [5.74, 6) is -1.45. The molecule has 11 heteroatoms. The third-order valence-corrected chi connectivity index (χ3v) is 6.40. The summed E-state index contributed by atoms with van der Waals surface area (Å²) in [6.45, 7) is 7.52. The Morgan fingerprint density at radius 2 is 1.83 bits per heavy atom. The molecule has 1 aromatic heterocycles. The number of aryl methyl sites for hydroxylation is 1. The second kappa shape index (κ2) is 10.5. The predicted molar refractivity (Wildman–Crippen MR) is 136 cm³/mol. The summed E-state index contributed by atoms with van der Waals surface area (Å²) < 4.78 is 24.1. The van der Waals surface area contributed by atoms with Crippen molar-refractivity contribution in [3.8, 4) is 6.07 Å². The van der Waals surface area contributed by atoms with Gasteiger partial charge in [0, 0.05) is 11.9 Å². The average Bonchev–Trinajstić information content (AvgIpc) is 3.13. The SMILES string of the molecule is Cc1ccc2c(c1)c(C(=O)NC(C(=O)NCCS(N)(=O)=O)C(C)(C)C)nn2Cc1ccc(C#N)cc1. The van der Waals surface area contributed by atoms with Gasteiger partial charge in [-0.15, -0.1) is 0 Å². The molecule has 0 aliphatic carbocycles. The number of amides is 2. The summed E-state index contributed by atoms with van der Waals surface area (Å²) in [5, 5.41) is 24.6. The monoisotopic (exact) mass is 510 g/mol. The van der Waals surface area contributed by atoms with Gasteiger partial charge in [0.2, 0.25) is 15.9 Å². The summed E-state index contributed by atoms with van der Waals surface area (Å²) in [6, 6.07) is 13.9. The van der Waals surface area contributed by atoms with E-state index in [0.717, 1.165) is 16.6 Å². The molecule has 0 aliphatic heterocycles. The van der Waals surface area contributed by atoms with E-state index in [9.17, 15) is 18.0 Å². The normalized spacial score (nSPS) is 12.7. The minimum atomic E-state index is -3.73. The summed E-state index contributed by atoms with van der Waals surface area (Å²) in [4.78, 5) is 26.2. The Bertz CT molecular complexity index is 1430. The number of sulfonamides is 1. The molecule has 0 bridgehead atoms. The zero-order valence-corrected chi connectivity index (χ0v) is 21.5. The number of rotatable bonds is 8. The lowest BCUT2D eigenvalue weighted by Crippen LogP contribution is -2.54. The van der Waals surface area contributed by atoms with E-state index in [0.29, 0.717) is 17.5 Å². The molecule has 0 aliphatic rings. The van der Waals surface area contributed by atoms with Crippen LogP contribution in [0.4, 0.5) is 0 Å². The highest BCUT2D eigenvalue weighted by Gasteiger charge is 2.34. The van der Waals surface area contributed by atoms with Gasteiger partial charge in [-0.25, -0.2) is 13.6 Å². The zero-order valence-electron chi connectivity index (χ0n) is 20.7. The van der Waals surface area contributed by atoms with Gasteiger partial charge in [-0.3, -0.25) is 14.3 Å². The fraction of sp³-hybridized carbons (Fsp3) is 0.360. The zero-order chi connectivity index (χ0) is 26.7. The molecule has 0 fully saturated rings. The number of nitrogens with zero attached hydrogens (tertiary/aromatic N) is 3. The minimum absolute atomic E-state index is 0.165. The van der Waals surface area contributed by atoms with Crippen LogP contribution in [-0.4, -0.2) is 48.4 Å². The van der Waals surface area contributed by atoms with Crippen molar-refractivity contribution < 1.29 is 18.0 Å². The van der Waals surface area contributed by atoms with Crippen LogP contribution in [0.25, 0.3) is 10.9 Å². The Labute approximate surface area is 210 Å². The molecule has 1 atom stereocenters. The molecule has 0 saturated carbocycles. The van der Waals surface area contributed by atoms with Crippen molar-refractivity contribution in [2.75, 3.05) is 12.3 Å². The number of carbonyl (C=O) groups excluding carboxylic acids is 2. The molecule has 0 radical (unpaired) electrons. The van der Waals surface area contributed by atoms with Crippen molar-refractivity contribution >= 4 is 32.7 Å². The number of hydrogen-bond donors (Lipinski definition) is 3. The van der Waals surface area contributed by atoms with E-state index in [4.69, 9.17) is 10.4 Å². The molecule has 190 valence electrons. The van der Waals surface area contributed by atoms with Gasteiger partial charge < -0.3 is 10.6 Å². The second-order valence-corrected chi connectivity index (χ2v) is 11.5. The van der Waals surface area contributed by atoms with E-state index in [2.05, 4.69) is 21.8 Å². The van der Waals surface area contributed by atoms with Crippen molar-refractivity contribution in [2.24, 2.45) is 10.6 Å². The van der Waals surface area contributed by atoms with Crippen LogP contribution in [0.2, 0.25) is 0 Å². The van der Waals surface area contributed by atoms with Gasteiger partial charge in [-0.1, -0.05) is 44.5 Å². The molecule has 3 aromatic rings. The maximum absolute atomic E-state index is 13.4. The van der Waals surface area contributed by atoms with E-state index in [1.165, 1.54) is 0 Å². The Hall–Kier alpha value is -3.75. The minimum Gasteiger partial charge on any atom is -0.353 e. The predicted octanol–water partition coefficient (Wildman–Crippen LogP) is 1.81. The largest absolute Gasteiger partial charge is 0.353 e. The van der Waals surface area contributed by atoms with E-state index in [1.807, 2.05) is 37.3 Å². The number of benzene rings is 2. The molecular weight excluding hydrogens is 480 g/mol. The average molecular weight is 511 g/mol. The van der Waals surface area contributed by atoms with Gasteiger partial charge in [-0.2, -0.15) is 10.4 Å². The standard InChI is InChI=1S/C25H30N6O4S/c1-16-5-10-20-19(13-16)21(30-31(20)15-18-8-6-17(14-26)7-9-18)23(32)29-22(25(2,3)4)24(33)28-11-12-36(27,34)35/h5-10,13,22H,11-12,15H2,1-4H3,(H,28,33)(H,29,32)(H2,27,34,35). The van der Waals surface area contributed by atoms with Crippen LogP contribution < -0.4 is 15.8 Å². The van der Waals surface area contributed by atoms with Crippen LogP contribution in [0.15, 0.2) is 42.5 Å². The van der Waals surface area contributed by atoms with Gasteiger partial charge in [0.25, 0.3) is 5.91 Å². The molecule has 10 nitrogen and oxygen atoms in total. The van der Waals surface area contributed by atoms with Crippen LogP contribution in [0.1, 0.15) is 48.0 Å². The van der Waals surface area contributed by atoms with Crippen molar-refractivity contribution in [1.82, 2.24) is 20.4 Å². The quantitative estimate of drug-likeness (QED) is 0.419. The Balaban J connectivity index is 1.90. The number of nitrogens with two attached hydrogens (primary N) is 1. The number of nitrogens with one attached hydrogen (secondary N) is 2. The van der Waals surface area contributed by atoms with Gasteiger partial charge in [-0.05, 0) is 42.2 Å². The first kappa shape index (κ1) is 26.8. The van der Waals surface area contributed by atoms with Gasteiger partial charge in [0.1, 0.15) is 6.04 Å². The Morgan fingerprint density at radius 1 is 1.17 bits per heavy atom. The number of nitriles is 1. The summed E-state index contributed by atoms with van der Waals surface area (Å²) in [5.41, 5.74) is 2.66. The third-order valence-electron chi connectivity index (χ3n) is 5.63. The molecule has 0 saturated heterocycles. The van der Waals surface area contributed by atoms with E-state index in [1.54, 1.807) is 37.6 Å². The van der Waals surface area contributed by atoms with E-state index >= 15 is 0 Å². The van der Waals surface area contributed by atoms with Crippen LogP contribution in [-0.2, 0) is 21.4 Å². The molecule has 2 amide bonds. The fourth-order valence-electron chi connectivity index (χ4n) is 3.73. The van der Waals surface area contributed by atoms with Crippen LogP contribution >= 0.6 is 0 Å². The molecule has 1 unspecified atom stereocenters. The Kier molecular flexibility index (Phi) is 7.81. The molecule has 1 heterocycles. The van der Waals surface area contributed by atoms with Gasteiger partial charge in [0.15, 0.2) is 5.69 Å². The summed E-state index contributed by atoms with van der Waals surface area (Å²) in [7, 11) is -3.73. The van der Waals surface area contributed by atoms with Gasteiger partial charge in [0.05, 0.1) is 29.4 Å². The van der Waals surface area contributed by atoms with Crippen molar-refractivity contribution in [3.63, 3.8) is 0 Å². The van der Waals surface area contributed by atoms with Crippen molar-refractivity contribution in [3.05, 3.63) is 64.8 Å². The fourth-order valence-corrected chi connectivity index (χ4v) is 4.12. The first-order chi connectivity index (χ1) is 16.8. The molecule has 36 heavy (non-hydrogen) atoms. The third kappa shape index (κ3) is 6.68. The number of hydrogen-bond acceptors (Lipinski definition) is 6. The van der Waals surface area contributed by atoms with Crippen molar-refractivity contribution in [1.29, 1.82) is 5.26 Å². The number of carbonyl (C=O) groups is 2. The molecule has 0 spiro atoms. The van der Waals surface area contributed by atoms with Crippen LogP contribution in [0.5, 0.6) is 0 Å². The topological polar surface area (TPSA) is 160 Å². The van der Waals surface area contributed by atoms with Crippen LogP contribution in [0.3, 0.4) is 0 Å². The van der Waals surface area contributed by atoms with Crippen molar-refractivity contribution in [2.45, 2.75) is 40.3 Å². The maximum atomic E-state index is 13.4. The van der Waals surface area contributed by atoms with Gasteiger partial charge >= 0.3 is 0 Å². The smallest absolute Gasteiger partial charge is 0.273 e. The maximum Gasteiger partial charge on any atom is 0.273 e. The molecule has 3 rings (SSSR count). The van der Waals surface area contributed by atoms with E-state index < -0.39 is 39.0 Å². The molecular formula is C25H30N6O4S. The highest BCUT2D eigenvalue weighted by molar-refractivity contribution is 7.89. The lowest BCUT2D eigenvalue weighted by Gasteiger charge is -2.30. The molecule has 2 aromatic carbocycles. The highest BCUT2D eigenvalue weighted by Crippen LogP contribution is 2.24. The summed E-state index contributed by atoms with van der Waals surface area (Å²) >= 11 is 0. The second-order valence-electron chi connectivity index (χ2n) is 9.77. The highest BCUT2D eigenvalue weighted by atomic mass is 32.2. The van der Waals surface area contributed by atoms with Crippen LogP contribution in [0, 0.1) is 23.7 Å². The lowest BCUT2D eigenvalue weighted by atomic mass is 9.86. The lowest BCUT2D eigenvalue weighted by molar-refractivity contribution is -0.125. The van der Waals surface area contributed by atoms with E-state index in [-0.39, 0.29) is 12.2 Å². The molecule has 4 N–H and O–H groups in total. The summed E-state index contributed by atoms with van der Waals surface area (Å²) in [6.07, 6.45) is 0. The number of aromatic nitrogens is 2. The first-order valence-corrected chi connectivity index (χ1v) is 13.1. The number of fused-ring (bicyclic) bond motifs is 1. The number of primary sulfonamides is 1. The Morgan fingerprint density at radius 3 is 2.42 bits per heavy atom. The first-order valence-electron chi connectivity index (χ1n) is 11.3.